The van der Waals surface area contributed by atoms with E-state index in [1.165, 1.54) is 0 Å². The fourth-order valence-electron chi connectivity index (χ4n) is 2.19. The Morgan fingerprint density at radius 1 is 1.12 bits per heavy atom. The summed E-state index contributed by atoms with van der Waals surface area (Å²) < 4.78 is 5.73. The average molecular weight is 398 g/mol. The Balaban J connectivity index is 1.72. The Kier molecular flexibility index (Phi) is 8.45. The van der Waals surface area contributed by atoms with Crippen LogP contribution in [0.3, 0.4) is 0 Å². The van der Waals surface area contributed by atoms with Gasteiger partial charge in [-0.05, 0) is 36.2 Å². The molecule has 3 nitrogen and oxygen atoms in total. The van der Waals surface area contributed by atoms with E-state index in [0.29, 0.717) is 34.5 Å². The third-order valence-corrected chi connectivity index (χ3v) is 5.23. The number of thioether (sulfide) groups is 1. The summed E-state index contributed by atoms with van der Waals surface area (Å²) in [4.78, 5) is 12.2. The zero-order valence-electron chi connectivity index (χ0n) is 14.0. The first-order valence-corrected chi connectivity index (χ1v) is 10.0. The average Bonchev–Trinajstić information content (AvgIpc) is 2.62. The highest BCUT2D eigenvalue weighted by molar-refractivity contribution is 7.98. The minimum atomic E-state index is -0.481. The van der Waals surface area contributed by atoms with Gasteiger partial charge < -0.3 is 10.1 Å². The first-order chi connectivity index (χ1) is 12.1. The van der Waals surface area contributed by atoms with Gasteiger partial charge >= 0.3 is 0 Å². The van der Waals surface area contributed by atoms with Crippen molar-refractivity contribution >= 4 is 40.9 Å². The summed E-state index contributed by atoms with van der Waals surface area (Å²) >= 11 is 14.0. The van der Waals surface area contributed by atoms with Gasteiger partial charge in [0.2, 0.25) is 0 Å². The minimum Gasteiger partial charge on any atom is -0.481 e. The lowest BCUT2D eigenvalue weighted by Crippen LogP contribution is -2.39. The lowest BCUT2D eigenvalue weighted by molar-refractivity contribution is -0.127. The maximum atomic E-state index is 12.2. The predicted molar refractivity (Wildman–Crippen MR) is 107 cm³/mol. The van der Waals surface area contributed by atoms with Crippen molar-refractivity contribution in [2.24, 2.45) is 0 Å². The summed E-state index contributed by atoms with van der Waals surface area (Å²) in [6.07, 6.45) is 0.133. The van der Waals surface area contributed by atoms with Gasteiger partial charge in [0.05, 0.1) is 0 Å². The van der Waals surface area contributed by atoms with Gasteiger partial charge in [0.15, 0.2) is 6.10 Å². The highest BCUT2D eigenvalue weighted by atomic mass is 35.5. The topological polar surface area (TPSA) is 38.3 Å². The Labute approximate surface area is 163 Å². The second-order valence-electron chi connectivity index (χ2n) is 5.37. The first kappa shape index (κ1) is 20.0. The van der Waals surface area contributed by atoms with Crippen molar-refractivity contribution < 1.29 is 9.53 Å². The molecule has 0 unspecified atom stereocenters. The van der Waals surface area contributed by atoms with Gasteiger partial charge in [-0.25, -0.2) is 0 Å². The van der Waals surface area contributed by atoms with Crippen molar-refractivity contribution in [2.75, 3.05) is 12.3 Å². The largest absolute Gasteiger partial charge is 0.481 e. The third kappa shape index (κ3) is 6.46. The van der Waals surface area contributed by atoms with E-state index in [0.717, 1.165) is 11.3 Å². The fourth-order valence-corrected chi connectivity index (χ4v) is 3.79. The van der Waals surface area contributed by atoms with Gasteiger partial charge in [0, 0.05) is 28.1 Å². The van der Waals surface area contributed by atoms with Crippen LogP contribution in [-0.2, 0) is 10.5 Å². The second-order valence-corrected chi connectivity index (χ2v) is 7.29. The summed E-state index contributed by atoms with van der Waals surface area (Å²) in [5.74, 6) is 2.09. The molecule has 0 spiro atoms. The second kappa shape index (κ2) is 10.6. The van der Waals surface area contributed by atoms with Crippen molar-refractivity contribution in [1.82, 2.24) is 5.32 Å². The van der Waals surface area contributed by atoms with Crippen molar-refractivity contribution in [3.63, 3.8) is 0 Å². The fraction of sp³-hybridized carbons (Fsp3) is 0.316. The number of rotatable bonds is 9. The van der Waals surface area contributed by atoms with E-state index >= 15 is 0 Å². The Bertz CT molecular complexity index is 662. The smallest absolute Gasteiger partial charge is 0.261 e. The van der Waals surface area contributed by atoms with Crippen LogP contribution in [-0.4, -0.2) is 24.3 Å². The van der Waals surface area contributed by atoms with Crippen LogP contribution in [0.2, 0.25) is 10.0 Å². The molecular weight excluding hydrogens is 377 g/mol. The van der Waals surface area contributed by atoms with Gasteiger partial charge in [0.25, 0.3) is 5.91 Å². The molecule has 2 rings (SSSR count). The van der Waals surface area contributed by atoms with E-state index in [4.69, 9.17) is 27.9 Å². The van der Waals surface area contributed by atoms with Gasteiger partial charge in [-0.3, -0.25) is 4.79 Å². The number of benzene rings is 2. The monoisotopic (exact) mass is 397 g/mol. The molecule has 1 amide bonds. The molecule has 6 heteroatoms. The molecule has 0 aromatic heterocycles. The number of carbonyl (C=O) groups is 1. The predicted octanol–water partition coefficient (Wildman–Crippen LogP) is 5.20. The lowest BCUT2D eigenvalue weighted by atomic mass is 10.2. The molecule has 0 heterocycles. The molecule has 1 atom stereocenters. The van der Waals surface area contributed by atoms with E-state index < -0.39 is 6.10 Å². The molecule has 0 saturated carbocycles. The molecule has 0 fully saturated rings. The van der Waals surface area contributed by atoms with E-state index in [2.05, 4.69) is 5.32 Å². The molecular formula is C19H21Cl2NO2S. The van der Waals surface area contributed by atoms with Crippen LogP contribution in [0.4, 0.5) is 0 Å². The summed E-state index contributed by atoms with van der Waals surface area (Å²) in [6, 6.07) is 14.9. The number of amides is 1. The molecule has 0 saturated heterocycles. The third-order valence-electron chi connectivity index (χ3n) is 3.54. The van der Waals surface area contributed by atoms with Crippen LogP contribution in [0.1, 0.15) is 18.9 Å². The van der Waals surface area contributed by atoms with Crippen molar-refractivity contribution in [3.05, 3.63) is 64.1 Å². The Morgan fingerprint density at radius 3 is 2.44 bits per heavy atom. The zero-order valence-corrected chi connectivity index (χ0v) is 16.3. The molecule has 0 radical (unpaired) electrons. The quantitative estimate of drug-likeness (QED) is 0.590. The van der Waals surface area contributed by atoms with Crippen molar-refractivity contribution in [2.45, 2.75) is 25.2 Å². The normalized spacial score (nSPS) is 11.8. The standard InChI is InChI=1S/C19H21Cl2NO2S/c1-2-18(24-14-7-4-3-5-8-14)19(23)22-11-12-25-13-15-16(20)9-6-10-17(15)21/h3-10,18H,2,11-13H2,1H3,(H,22,23)/t18-/m1/s1. The SMILES string of the molecule is CC[C@@H](Oc1ccccc1)C(=O)NCCSCc1c(Cl)cccc1Cl. The van der Waals surface area contributed by atoms with Gasteiger partial charge in [-0.1, -0.05) is 54.4 Å². The number of para-hydroxylation sites is 1. The summed E-state index contributed by atoms with van der Waals surface area (Å²) in [5.41, 5.74) is 0.931. The van der Waals surface area contributed by atoms with Crippen LogP contribution in [0.5, 0.6) is 5.75 Å². The number of hydrogen-bond donors (Lipinski definition) is 1. The van der Waals surface area contributed by atoms with Crippen LogP contribution in [0.15, 0.2) is 48.5 Å². The van der Waals surface area contributed by atoms with Gasteiger partial charge in [-0.15, -0.1) is 0 Å². The number of carbonyl (C=O) groups excluding carboxylic acids is 1. The molecule has 1 N–H and O–H groups in total. The summed E-state index contributed by atoms with van der Waals surface area (Å²) in [7, 11) is 0. The minimum absolute atomic E-state index is 0.0947. The zero-order chi connectivity index (χ0) is 18.1. The highest BCUT2D eigenvalue weighted by Crippen LogP contribution is 2.27. The molecule has 2 aromatic carbocycles. The number of ether oxygens (including phenoxy) is 1. The molecule has 25 heavy (non-hydrogen) atoms. The Hall–Kier alpha value is -1.36. The number of halogens is 2. The lowest BCUT2D eigenvalue weighted by Gasteiger charge is -2.17. The molecule has 0 aliphatic heterocycles. The van der Waals surface area contributed by atoms with Crippen molar-refractivity contribution in [3.8, 4) is 5.75 Å². The van der Waals surface area contributed by atoms with Gasteiger partial charge in [0.1, 0.15) is 5.75 Å². The molecule has 0 aliphatic carbocycles. The van der Waals surface area contributed by atoms with Crippen LogP contribution in [0, 0.1) is 0 Å². The molecule has 134 valence electrons. The molecule has 2 aromatic rings. The highest BCUT2D eigenvalue weighted by Gasteiger charge is 2.17. The van der Waals surface area contributed by atoms with E-state index in [-0.39, 0.29) is 5.91 Å². The van der Waals surface area contributed by atoms with E-state index in [1.54, 1.807) is 11.8 Å². The maximum Gasteiger partial charge on any atom is 0.261 e. The van der Waals surface area contributed by atoms with Crippen molar-refractivity contribution in [1.29, 1.82) is 0 Å². The van der Waals surface area contributed by atoms with Crippen LogP contribution >= 0.6 is 35.0 Å². The van der Waals surface area contributed by atoms with E-state index in [9.17, 15) is 4.79 Å². The van der Waals surface area contributed by atoms with Crippen LogP contribution in [0.25, 0.3) is 0 Å². The molecule has 0 bridgehead atoms. The van der Waals surface area contributed by atoms with E-state index in [1.807, 2.05) is 55.5 Å². The first-order valence-electron chi connectivity index (χ1n) is 8.12. The number of nitrogens with one attached hydrogen (secondary N) is 1. The van der Waals surface area contributed by atoms with Gasteiger partial charge in [-0.2, -0.15) is 11.8 Å². The molecule has 0 aliphatic rings. The number of hydrogen-bond acceptors (Lipinski definition) is 3. The summed E-state index contributed by atoms with van der Waals surface area (Å²) in [6.45, 7) is 2.50. The summed E-state index contributed by atoms with van der Waals surface area (Å²) in [5, 5.41) is 4.26. The maximum absolute atomic E-state index is 12.2. The Morgan fingerprint density at radius 2 is 1.80 bits per heavy atom. The van der Waals surface area contributed by atoms with Crippen LogP contribution < -0.4 is 10.1 Å².